The molecule has 0 saturated carbocycles. The van der Waals surface area contributed by atoms with Gasteiger partial charge in [0, 0.05) is 11.8 Å². The molecule has 0 unspecified atom stereocenters. The van der Waals surface area contributed by atoms with E-state index in [1.165, 1.54) is 11.6 Å². The van der Waals surface area contributed by atoms with Crippen molar-refractivity contribution in [1.29, 1.82) is 0 Å². The average Bonchev–Trinajstić information content (AvgIpc) is 2.86. The number of hydrogen-bond donors (Lipinski definition) is 1. The maximum Gasteiger partial charge on any atom is 0.163 e. The number of nitrogens with one attached hydrogen (secondary N) is 1. The fourth-order valence-corrected chi connectivity index (χ4v) is 2.99. The molecule has 1 aromatic carbocycles. The van der Waals surface area contributed by atoms with Gasteiger partial charge in [0.1, 0.15) is 0 Å². The van der Waals surface area contributed by atoms with Crippen LogP contribution in [-0.4, -0.2) is 22.9 Å². The van der Waals surface area contributed by atoms with E-state index in [-0.39, 0.29) is 6.54 Å². The summed E-state index contributed by atoms with van der Waals surface area (Å²) < 4.78 is 28.7. The molecule has 1 aliphatic heterocycles. The molecule has 1 N–H and O–H groups in total. The van der Waals surface area contributed by atoms with Crippen molar-refractivity contribution in [3.05, 3.63) is 52.9 Å². The summed E-state index contributed by atoms with van der Waals surface area (Å²) in [6, 6.07) is 4.26. The molecule has 0 amide bonds. The van der Waals surface area contributed by atoms with Crippen molar-refractivity contribution in [2.75, 3.05) is 13.1 Å². The zero-order valence-corrected chi connectivity index (χ0v) is 12.1. The van der Waals surface area contributed by atoms with Gasteiger partial charge in [0.25, 0.3) is 0 Å². The van der Waals surface area contributed by atoms with Crippen molar-refractivity contribution in [3.63, 3.8) is 0 Å². The summed E-state index contributed by atoms with van der Waals surface area (Å²) in [7, 11) is 0. The van der Waals surface area contributed by atoms with Gasteiger partial charge in [-0.3, -0.25) is 4.68 Å². The van der Waals surface area contributed by atoms with Crippen LogP contribution in [0.5, 0.6) is 0 Å². The Kier molecular flexibility index (Phi) is 4.01. The number of rotatable bonds is 3. The van der Waals surface area contributed by atoms with Gasteiger partial charge in [0.2, 0.25) is 0 Å². The largest absolute Gasteiger partial charge is 0.317 e. The highest BCUT2D eigenvalue weighted by molar-refractivity contribution is 5.24. The average molecular weight is 291 g/mol. The predicted octanol–water partition coefficient (Wildman–Crippen LogP) is 2.99. The Morgan fingerprint density at radius 3 is 2.81 bits per heavy atom. The van der Waals surface area contributed by atoms with Gasteiger partial charge >= 0.3 is 0 Å². The van der Waals surface area contributed by atoms with E-state index in [9.17, 15) is 8.78 Å². The van der Waals surface area contributed by atoms with E-state index in [0.717, 1.165) is 37.7 Å². The summed E-state index contributed by atoms with van der Waals surface area (Å²) in [5.74, 6) is -1.08. The molecule has 1 aliphatic rings. The van der Waals surface area contributed by atoms with E-state index >= 15 is 0 Å². The fraction of sp³-hybridized carbons (Fsp3) is 0.438. The van der Waals surface area contributed by atoms with E-state index in [1.807, 2.05) is 13.1 Å². The molecule has 0 atom stereocenters. The van der Waals surface area contributed by atoms with Gasteiger partial charge in [-0.1, -0.05) is 12.1 Å². The highest BCUT2D eigenvalue weighted by atomic mass is 19.2. The summed E-state index contributed by atoms with van der Waals surface area (Å²) in [6.07, 6.45) is 4.18. The molecule has 5 heteroatoms. The third-order valence-corrected chi connectivity index (χ3v) is 4.13. The number of aromatic nitrogens is 2. The number of benzene rings is 1. The lowest BCUT2D eigenvalue weighted by atomic mass is 9.91. The van der Waals surface area contributed by atoms with Crippen LogP contribution in [0.25, 0.3) is 0 Å². The standard InChI is InChI=1S/C16H19F2N3/c1-11-14(12-5-7-19-8-6-12)10-21(20-11)9-13-3-2-4-15(17)16(13)18/h2-4,10,12,19H,5-9H2,1H3. The van der Waals surface area contributed by atoms with Crippen molar-refractivity contribution < 1.29 is 8.78 Å². The molecule has 1 saturated heterocycles. The van der Waals surface area contributed by atoms with Gasteiger partial charge in [0.05, 0.1) is 12.2 Å². The van der Waals surface area contributed by atoms with E-state index in [0.29, 0.717) is 11.5 Å². The third kappa shape index (κ3) is 2.97. The van der Waals surface area contributed by atoms with Crippen molar-refractivity contribution in [2.24, 2.45) is 0 Å². The first-order valence-electron chi connectivity index (χ1n) is 7.32. The fourth-order valence-electron chi connectivity index (χ4n) is 2.99. The molecular weight excluding hydrogens is 272 g/mol. The first-order chi connectivity index (χ1) is 10.1. The normalized spacial score (nSPS) is 16.3. The van der Waals surface area contributed by atoms with Crippen LogP contribution in [0.1, 0.15) is 35.6 Å². The molecule has 3 nitrogen and oxygen atoms in total. The van der Waals surface area contributed by atoms with Gasteiger partial charge in [-0.05, 0) is 50.4 Å². The summed E-state index contributed by atoms with van der Waals surface area (Å²) in [6.45, 7) is 4.28. The van der Waals surface area contributed by atoms with E-state index in [1.54, 1.807) is 10.7 Å². The maximum atomic E-state index is 13.7. The quantitative estimate of drug-likeness (QED) is 0.942. The molecular formula is C16H19F2N3. The molecule has 21 heavy (non-hydrogen) atoms. The van der Waals surface area contributed by atoms with E-state index in [2.05, 4.69) is 10.4 Å². The van der Waals surface area contributed by atoms with Crippen LogP contribution in [0.2, 0.25) is 0 Å². The zero-order valence-electron chi connectivity index (χ0n) is 12.1. The minimum absolute atomic E-state index is 0.259. The number of aryl methyl sites for hydroxylation is 1. The number of nitrogens with zero attached hydrogens (tertiary/aromatic N) is 2. The lowest BCUT2D eigenvalue weighted by Crippen LogP contribution is -2.26. The second-order valence-corrected chi connectivity index (χ2v) is 5.60. The molecule has 0 aliphatic carbocycles. The molecule has 2 aromatic rings. The Morgan fingerprint density at radius 1 is 1.29 bits per heavy atom. The van der Waals surface area contributed by atoms with E-state index < -0.39 is 11.6 Å². The van der Waals surface area contributed by atoms with E-state index in [4.69, 9.17) is 0 Å². The molecule has 1 fully saturated rings. The van der Waals surface area contributed by atoms with Crippen LogP contribution in [-0.2, 0) is 6.54 Å². The van der Waals surface area contributed by atoms with Crippen LogP contribution >= 0.6 is 0 Å². The van der Waals surface area contributed by atoms with Crippen LogP contribution < -0.4 is 5.32 Å². The second-order valence-electron chi connectivity index (χ2n) is 5.60. The number of halogens is 2. The van der Waals surface area contributed by atoms with Gasteiger partial charge in [-0.15, -0.1) is 0 Å². The number of hydrogen-bond acceptors (Lipinski definition) is 2. The van der Waals surface area contributed by atoms with Crippen molar-refractivity contribution in [2.45, 2.75) is 32.2 Å². The third-order valence-electron chi connectivity index (χ3n) is 4.13. The molecule has 3 rings (SSSR count). The minimum atomic E-state index is -0.810. The summed E-state index contributed by atoms with van der Waals surface area (Å²) in [5.41, 5.74) is 2.54. The topological polar surface area (TPSA) is 29.9 Å². The minimum Gasteiger partial charge on any atom is -0.317 e. The van der Waals surface area contributed by atoms with Crippen LogP contribution in [0.15, 0.2) is 24.4 Å². The Balaban J connectivity index is 1.82. The molecule has 0 radical (unpaired) electrons. The highest BCUT2D eigenvalue weighted by Crippen LogP contribution is 2.27. The van der Waals surface area contributed by atoms with Crippen LogP contribution in [0, 0.1) is 18.6 Å². The summed E-state index contributed by atoms with van der Waals surface area (Å²) >= 11 is 0. The zero-order chi connectivity index (χ0) is 14.8. The van der Waals surface area contributed by atoms with Gasteiger partial charge in [-0.2, -0.15) is 5.10 Å². The van der Waals surface area contributed by atoms with Gasteiger partial charge < -0.3 is 5.32 Å². The predicted molar refractivity (Wildman–Crippen MR) is 77.3 cm³/mol. The molecule has 1 aromatic heterocycles. The highest BCUT2D eigenvalue weighted by Gasteiger charge is 2.19. The van der Waals surface area contributed by atoms with Gasteiger partial charge in [-0.25, -0.2) is 8.78 Å². The SMILES string of the molecule is Cc1nn(Cc2cccc(F)c2F)cc1C1CCNCC1. The first kappa shape index (κ1) is 14.2. The molecule has 2 heterocycles. The Hall–Kier alpha value is -1.75. The van der Waals surface area contributed by atoms with Crippen LogP contribution in [0.3, 0.4) is 0 Å². The summed E-state index contributed by atoms with van der Waals surface area (Å²) in [4.78, 5) is 0. The first-order valence-corrected chi connectivity index (χ1v) is 7.32. The Bertz CT molecular complexity index is 630. The van der Waals surface area contributed by atoms with Crippen molar-refractivity contribution >= 4 is 0 Å². The molecule has 112 valence electrons. The number of piperidine rings is 1. The Morgan fingerprint density at radius 2 is 2.05 bits per heavy atom. The molecule has 0 spiro atoms. The smallest absolute Gasteiger partial charge is 0.163 e. The second kappa shape index (κ2) is 5.93. The maximum absolute atomic E-state index is 13.7. The monoisotopic (exact) mass is 291 g/mol. The lowest BCUT2D eigenvalue weighted by Gasteiger charge is -2.22. The van der Waals surface area contributed by atoms with Crippen molar-refractivity contribution in [3.8, 4) is 0 Å². The Labute approximate surface area is 123 Å². The van der Waals surface area contributed by atoms with Gasteiger partial charge in [0.15, 0.2) is 11.6 Å². The van der Waals surface area contributed by atoms with Crippen molar-refractivity contribution in [1.82, 2.24) is 15.1 Å². The van der Waals surface area contributed by atoms with Crippen LogP contribution in [0.4, 0.5) is 8.78 Å². The summed E-state index contributed by atoms with van der Waals surface area (Å²) in [5, 5.41) is 7.80. The molecule has 0 bridgehead atoms. The lowest BCUT2D eigenvalue weighted by molar-refractivity contribution is 0.459.